The quantitative estimate of drug-likeness (QED) is 0.348. The van der Waals surface area contributed by atoms with Crippen LogP contribution in [0.2, 0.25) is 0 Å². The average Bonchev–Trinajstić information content (AvgIpc) is 2.87. The number of hydrogen-bond donors (Lipinski definition) is 2. The SMILES string of the molecule is Cc1cc(/C(=C(/CCCO)c2ccccc2)c2ccc(O)cc2)cc(C2CCN(C(C)C)CC2)c1. The van der Waals surface area contributed by atoms with Crippen LogP contribution in [-0.4, -0.2) is 40.9 Å². The van der Waals surface area contributed by atoms with Crippen molar-refractivity contribution >= 4 is 11.1 Å². The van der Waals surface area contributed by atoms with Gasteiger partial charge in [0.2, 0.25) is 0 Å². The summed E-state index contributed by atoms with van der Waals surface area (Å²) in [6.45, 7) is 9.23. The van der Waals surface area contributed by atoms with E-state index in [0.29, 0.717) is 18.4 Å². The standard InChI is InChI=1S/C32H39NO2/c1-23(2)33-17-15-25(16-18-33)28-20-24(3)21-29(22-28)32(27-11-13-30(35)14-12-27)31(10-7-19-34)26-8-5-4-6-9-26/h4-6,8-9,11-14,20-23,25,34-35H,7,10,15-19H2,1-3H3/b32-31-. The zero-order chi connectivity index (χ0) is 24.8. The second kappa shape index (κ2) is 11.7. The molecule has 0 atom stereocenters. The molecule has 4 rings (SSSR count). The van der Waals surface area contributed by atoms with Gasteiger partial charge in [0, 0.05) is 12.6 Å². The average molecular weight is 470 g/mol. The zero-order valence-electron chi connectivity index (χ0n) is 21.4. The highest BCUT2D eigenvalue weighted by atomic mass is 16.3. The van der Waals surface area contributed by atoms with Gasteiger partial charge < -0.3 is 15.1 Å². The molecular weight excluding hydrogens is 430 g/mol. The maximum atomic E-state index is 9.97. The number of benzene rings is 3. The molecule has 1 aliphatic heterocycles. The Balaban J connectivity index is 1.84. The predicted octanol–water partition coefficient (Wildman–Crippen LogP) is 7.02. The third-order valence-corrected chi connectivity index (χ3v) is 7.28. The van der Waals surface area contributed by atoms with Gasteiger partial charge in [-0.15, -0.1) is 0 Å². The van der Waals surface area contributed by atoms with Crippen LogP contribution in [0.25, 0.3) is 11.1 Å². The molecule has 0 amide bonds. The van der Waals surface area contributed by atoms with Crippen molar-refractivity contribution in [3.8, 4) is 5.75 Å². The van der Waals surface area contributed by atoms with Crippen LogP contribution in [0.4, 0.5) is 0 Å². The monoisotopic (exact) mass is 469 g/mol. The van der Waals surface area contributed by atoms with Gasteiger partial charge in [0.1, 0.15) is 5.75 Å². The Morgan fingerprint density at radius 3 is 2.20 bits per heavy atom. The Hall–Kier alpha value is -2.88. The molecule has 0 unspecified atom stereocenters. The maximum Gasteiger partial charge on any atom is 0.115 e. The topological polar surface area (TPSA) is 43.7 Å². The number of rotatable bonds is 8. The Labute approximate surface area is 210 Å². The van der Waals surface area contributed by atoms with Gasteiger partial charge in [-0.1, -0.05) is 66.2 Å². The zero-order valence-corrected chi connectivity index (χ0v) is 21.4. The minimum atomic E-state index is 0.159. The molecule has 35 heavy (non-hydrogen) atoms. The van der Waals surface area contributed by atoms with Gasteiger partial charge in [-0.3, -0.25) is 0 Å². The molecule has 0 radical (unpaired) electrons. The first-order chi connectivity index (χ1) is 17.0. The summed E-state index contributed by atoms with van der Waals surface area (Å²) in [7, 11) is 0. The summed E-state index contributed by atoms with van der Waals surface area (Å²) in [6.07, 6.45) is 3.87. The normalized spacial score (nSPS) is 15.9. The van der Waals surface area contributed by atoms with Crippen molar-refractivity contribution < 1.29 is 10.2 Å². The third-order valence-electron chi connectivity index (χ3n) is 7.28. The van der Waals surface area contributed by atoms with Crippen LogP contribution in [0.15, 0.2) is 72.8 Å². The molecule has 184 valence electrons. The molecule has 1 aliphatic rings. The number of piperidine rings is 1. The van der Waals surface area contributed by atoms with E-state index in [9.17, 15) is 10.2 Å². The number of hydrogen-bond acceptors (Lipinski definition) is 3. The van der Waals surface area contributed by atoms with E-state index in [1.165, 1.54) is 46.2 Å². The minimum absolute atomic E-state index is 0.159. The van der Waals surface area contributed by atoms with Crippen molar-refractivity contribution in [2.24, 2.45) is 0 Å². The molecule has 1 saturated heterocycles. The summed E-state index contributed by atoms with van der Waals surface area (Å²) in [5.41, 5.74) is 8.60. The van der Waals surface area contributed by atoms with Gasteiger partial charge in [0.05, 0.1) is 0 Å². The molecule has 0 aliphatic carbocycles. The van der Waals surface area contributed by atoms with Crippen LogP contribution in [0.5, 0.6) is 5.75 Å². The molecule has 0 aromatic heterocycles. The van der Waals surface area contributed by atoms with Crippen LogP contribution in [0, 0.1) is 6.92 Å². The lowest BCUT2D eigenvalue weighted by Crippen LogP contribution is -2.37. The van der Waals surface area contributed by atoms with E-state index in [1.807, 2.05) is 18.2 Å². The summed E-state index contributed by atoms with van der Waals surface area (Å²) in [4.78, 5) is 2.58. The fourth-order valence-corrected chi connectivity index (χ4v) is 5.39. The van der Waals surface area contributed by atoms with Crippen LogP contribution in [0.3, 0.4) is 0 Å². The summed E-state index contributed by atoms with van der Waals surface area (Å²) in [5, 5.41) is 19.7. The third kappa shape index (κ3) is 6.22. The molecule has 3 aromatic rings. The smallest absolute Gasteiger partial charge is 0.115 e. The molecule has 2 N–H and O–H groups in total. The van der Waals surface area contributed by atoms with Gasteiger partial charge in [0.25, 0.3) is 0 Å². The van der Waals surface area contributed by atoms with Crippen LogP contribution in [0.1, 0.15) is 73.3 Å². The number of aromatic hydroxyl groups is 1. The number of allylic oxidation sites excluding steroid dienone is 1. The summed E-state index contributed by atoms with van der Waals surface area (Å²) in [6, 6.07) is 25.7. The molecule has 0 saturated carbocycles. The summed E-state index contributed by atoms with van der Waals surface area (Å²) >= 11 is 0. The molecule has 3 heteroatoms. The van der Waals surface area contributed by atoms with E-state index >= 15 is 0 Å². The highest BCUT2D eigenvalue weighted by Gasteiger charge is 2.23. The van der Waals surface area contributed by atoms with Crippen LogP contribution in [-0.2, 0) is 0 Å². The second-order valence-corrected chi connectivity index (χ2v) is 10.1. The van der Waals surface area contributed by atoms with E-state index in [4.69, 9.17) is 0 Å². The number of aryl methyl sites for hydroxylation is 1. The largest absolute Gasteiger partial charge is 0.508 e. The molecule has 0 bridgehead atoms. The molecule has 1 heterocycles. The van der Waals surface area contributed by atoms with E-state index < -0.39 is 0 Å². The summed E-state index contributed by atoms with van der Waals surface area (Å²) in [5.74, 6) is 0.842. The van der Waals surface area contributed by atoms with E-state index in [-0.39, 0.29) is 12.4 Å². The number of aliphatic hydroxyl groups is 1. The van der Waals surface area contributed by atoms with E-state index in [0.717, 1.165) is 25.1 Å². The van der Waals surface area contributed by atoms with E-state index in [2.05, 4.69) is 68.1 Å². The minimum Gasteiger partial charge on any atom is -0.508 e. The Kier molecular flexibility index (Phi) is 8.43. The van der Waals surface area contributed by atoms with Crippen LogP contribution >= 0.6 is 0 Å². The molecule has 3 aromatic carbocycles. The highest BCUT2D eigenvalue weighted by molar-refractivity contribution is 5.98. The number of likely N-dealkylation sites (tertiary alicyclic amines) is 1. The number of nitrogens with zero attached hydrogens (tertiary/aromatic N) is 1. The molecule has 0 spiro atoms. The van der Waals surface area contributed by atoms with Gasteiger partial charge in [-0.05, 0) is 111 Å². The van der Waals surface area contributed by atoms with Gasteiger partial charge in [0.15, 0.2) is 0 Å². The maximum absolute atomic E-state index is 9.97. The number of phenolic OH excluding ortho intramolecular Hbond substituents is 1. The number of aliphatic hydroxyl groups excluding tert-OH is 1. The van der Waals surface area contributed by atoms with Gasteiger partial charge >= 0.3 is 0 Å². The van der Waals surface area contributed by atoms with E-state index in [1.54, 1.807) is 12.1 Å². The Bertz CT molecular complexity index is 1120. The Morgan fingerprint density at radius 1 is 0.886 bits per heavy atom. The van der Waals surface area contributed by atoms with Crippen molar-refractivity contribution in [1.29, 1.82) is 0 Å². The van der Waals surface area contributed by atoms with Crippen molar-refractivity contribution in [3.05, 3.63) is 101 Å². The molecule has 1 fully saturated rings. The highest BCUT2D eigenvalue weighted by Crippen LogP contribution is 2.38. The van der Waals surface area contributed by atoms with Gasteiger partial charge in [-0.25, -0.2) is 0 Å². The van der Waals surface area contributed by atoms with Gasteiger partial charge in [-0.2, -0.15) is 0 Å². The van der Waals surface area contributed by atoms with Crippen molar-refractivity contribution in [2.75, 3.05) is 19.7 Å². The molecular formula is C32H39NO2. The second-order valence-electron chi connectivity index (χ2n) is 10.1. The summed E-state index contributed by atoms with van der Waals surface area (Å²) < 4.78 is 0. The fraction of sp³-hybridized carbons (Fsp3) is 0.375. The van der Waals surface area contributed by atoms with Crippen LogP contribution < -0.4 is 0 Å². The first-order valence-corrected chi connectivity index (χ1v) is 13.0. The van der Waals surface area contributed by atoms with Crippen molar-refractivity contribution in [1.82, 2.24) is 4.90 Å². The fourth-order valence-electron chi connectivity index (χ4n) is 5.39. The number of phenols is 1. The first kappa shape index (κ1) is 25.2. The lowest BCUT2D eigenvalue weighted by atomic mass is 9.83. The Morgan fingerprint density at radius 2 is 1.57 bits per heavy atom. The lowest BCUT2D eigenvalue weighted by molar-refractivity contribution is 0.172. The first-order valence-electron chi connectivity index (χ1n) is 13.0. The van der Waals surface area contributed by atoms with Crippen molar-refractivity contribution in [3.63, 3.8) is 0 Å². The molecule has 3 nitrogen and oxygen atoms in total. The lowest BCUT2D eigenvalue weighted by Gasteiger charge is -2.35. The van der Waals surface area contributed by atoms with Crippen molar-refractivity contribution in [2.45, 2.75) is 58.4 Å². The predicted molar refractivity (Wildman–Crippen MR) is 147 cm³/mol.